The van der Waals surface area contributed by atoms with Gasteiger partial charge in [-0.25, -0.2) is 0 Å². The summed E-state index contributed by atoms with van der Waals surface area (Å²) in [6.45, 7) is 14.2. The molecule has 1 unspecified atom stereocenters. The molecule has 0 amide bonds. The summed E-state index contributed by atoms with van der Waals surface area (Å²) < 4.78 is 11.9. The third kappa shape index (κ3) is 8.37. The summed E-state index contributed by atoms with van der Waals surface area (Å²) in [4.78, 5) is 0. The molecule has 94 valence electrons. The molecule has 2 nitrogen and oxygen atoms in total. The quantitative estimate of drug-likeness (QED) is 0.443. The summed E-state index contributed by atoms with van der Waals surface area (Å²) in [6.07, 6.45) is 4.02. The molecule has 0 rings (SSSR count). The van der Waals surface area contributed by atoms with E-state index in [9.17, 15) is 0 Å². The molecule has 0 heterocycles. The molecule has 0 aromatic heterocycles. The molecule has 1 atom stereocenters. The van der Waals surface area contributed by atoms with Crippen molar-refractivity contribution in [1.82, 2.24) is 0 Å². The fourth-order valence-electron chi connectivity index (χ4n) is 1.13. The predicted molar refractivity (Wildman–Crippen MR) is 75.0 cm³/mol. The van der Waals surface area contributed by atoms with Gasteiger partial charge in [0.25, 0.3) is 0 Å². The zero-order chi connectivity index (χ0) is 13.0. The Morgan fingerprint density at radius 3 is 1.62 bits per heavy atom. The number of halogens is 1. The van der Waals surface area contributed by atoms with E-state index in [0.717, 1.165) is 0 Å². The monoisotopic (exact) mass is 290 g/mol. The normalized spacial score (nSPS) is 15.5. The van der Waals surface area contributed by atoms with Crippen LogP contribution in [0, 0.1) is 0 Å². The Bertz CT molecular complexity index is 212. The van der Waals surface area contributed by atoms with E-state index in [1.165, 1.54) is 0 Å². The number of alkyl halides is 1. The van der Waals surface area contributed by atoms with Gasteiger partial charge in [-0.2, -0.15) is 0 Å². The van der Waals surface area contributed by atoms with E-state index in [1.807, 2.05) is 60.6 Å². The first kappa shape index (κ1) is 16.2. The highest BCUT2D eigenvalue weighted by Gasteiger charge is 2.34. The van der Waals surface area contributed by atoms with Crippen LogP contribution in [0.1, 0.15) is 48.5 Å². The van der Waals surface area contributed by atoms with E-state index in [-0.39, 0.29) is 23.0 Å². The summed E-state index contributed by atoms with van der Waals surface area (Å²) in [6, 6.07) is 0. The van der Waals surface area contributed by atoms with Gasteiger partial charge in [-0.05, 0) is 48.5 Å². The van der Waals surface area contributed by atoms with Crippen molar-refractivity contribution in [2.75, 3.05) is 0 Å². The third-order valence-electron chi connectivity index (χ3n) is 1.58. The van der Waals surface area contributed by atoms with Gasteiger partial charge in [-0.3, -0.25) is 0 Å². The lowest BCUT2D eigenvalue weighted by molar-refractivity contribution is 0.0346. The van der Waals surface area contributed by atoms with E-state index in [1.54, 1.807) is 0 Å². The van der Waals surface area contributed by atoms with E-state index in [2.05, 4.69) is 15.9 Å². The molecule has 0 aliphatic carbocycles. The Balaban J connectivity index is 4.63. The predicted octanol–water partition coefficient (Wildman–Crippen LogP) is 3.98. The lowest BCUT2D eigenvalue weighted by atomic mass is 9.81. The maximum Gasteiger partial charge on any atom is 0.476 e. The molecule has 16 heavy (non-hydrogen) atoms. The number of hydrogen-bond acceptors (Lipinski definition) is 2. The second-order valence-electron chi connectivity index (χ2n) is 5.80. The van der Waals surface area contributed by atoms with Crippen LogP contribution in [0.15, 0.2) is 12.2 Å². The molecule has 0 saturated heterocycles. The topological polar surface area (TPSA) is 18.5 Å². The van der Waals surface area contributed by atoms with Crippen molar-refractivity contribution < 1.29 is 9.31 Å². The molecule has 0 aromatic carbocycles. The van der Waals surface area contributed by atoms with Gasteiger partial charge in [-0.1, -0.05) is 28.1 Å². The number of hydrogen-bond donors (Lipinski definition) is 0. The molecule has 0 N–H and O–H groups in total. The van der Waals surface area contributed by atoms with Crippen LogP contribution in [0.2, 0.25) is 0 Å². The van der Waals surface area contributed by atoms with Gasteiger partial charge in [0.15, 0.2) is 0 Å². The molecule has 4 heteroatoms. The van der Waals surface area contributed by atoms with Gasteiger partial charge in [0.2, 0.25) is 0 Å². The first-order valence-electron chi connectivity index (χ1n) is 5.68. The molecular formula is C12H24BBrO2. The highest BCUT2D eigenvalue weighted by Crippen LogP contribution is 2.21. The van der Waals surface area contributed by atoms with Crippen LogP contribution in [0.3, 0.4) is 0 Å². The average molecular weight is 291 g/mol. The van der Waals surface area contributed by atoms with Gasteiger partial charge < -0.3 is 9.31 Å². The average Bonchev–Trinajstić information content (AvgIpc) is 1.97. The van der Waals surface area contributed by atoms with Crippen LogP contribution in [-0.4, -0.2) is 23.0 Å². The molecule has 0 radical (unpaired) electrons. The minimum Gasteiger partial charge on any atom is -0.406 e. The maximum atomic E-state index is 5.91. The molecular weight excluding hydrogens is 267 g/mol. The summed E-state index contributed by atoms with van der Waals surface area (Å²) in [7, 11) is -0.281. The van der Waals surface area contributed by atoms with Crippen LogP contribution in [-0.2, 0) is 9.31 Å². The molecule has 0 spiro atoms. The smallest absolute Gasteiger partial charge is 0.406 e. The van der Waals surface area contributed by atoms with E-state index in [4.69, 9.17) is 9.31 Å². The van der Waals surface area contributed by atoms with Crippen molar-refractivity contribution in [3.63, 3.8) is 0 Å². The van der Waals surface area contributed by atoms with E-state index >= 15 is 0 Å². The van der Waals surface area contributed by atoms with E-state index in [0.29, 0.717) is 0 Å². The van der Waals surface area contributed by atoms with Crippen molar-refractivity contribution in [3.8, 4) is 0 Å². The Hall–Kier alpha value is 0.205. The second-order valence-corrected chi connectivity index (χ2v) is 6.86. The van der Waals surface area contributed by atoms with Gasteiger partial charge in [0, 0.05) is 11.2 Å². The molecule has 0 bridgehead atoms. The Kier molecular flexibility index (Phi) is 6.30. The van der Waals surface area contributed by atoms with Crippen LogP contribution in [0.25, 0.3) is 0 Å². The lowest BCUT2D eigenvalue weighted by Gasteiger charge is -2.32. The van der Waals surface area contributed by atoms with Crippen LogP contribution >= 0.6 is 15.9 Å². The van der Waals surface area contributed by atoms with Crippen molar-refractivity contribution in [2.24, 2.45) is 0 Å². The fraction of sp³-hybridized carbons (Fsp3) is 0.833. The van der Waals surface area contributed by atoms with E-state index < -0.39 is 0 Å². The largest absolute Gasteiger partial charge is 0.476 e. The summed E-state index contributed by atoms with van der Waals surface area (Å²) in [5.74, 6) is 0. The number of rotatable bonds is 4. The summed E-state index contributed by atoms with van der Waals surface area (Å²) >= 11 is 3.57. The van der Waals surface area contributed by atoms with Gasteiger partial charge in [-0.15, -0.1) is 0 Å². The molecule has 0 fully saturated rings. The Morgan fingerprint density at radius 1 is 1.00 bits per heavy atom. The van der Waals surface area contributed by atoms with Crippen LogP contribution in [0.5, 0.6) is 0 Å². The molecule has 0 aliphatic rings. The van der Waals surface area contributed by atoms with Gasteiger partial charge in [0.05, 0.1) is 4.73 Å². The summed E-state index contributed by atoms with van der Waals surface area (Å²) in [5, 5.41) is 0. The maximum absolute atomic E-state index is 5.91. The standard InChI is InChI=1S/C12H24BBrO2/c1-8-9-10(14)13(15-11(2,3)4)16-12(5,6)7/h8-10H,1-7H3/b9-8+. The Labute approximate surface area is 109 Å². The van der Waals surface area contributed by atoms with Crippen LogP contribution < -0.4 is 0 Å². The minimum absolute atomic E-state index is 0.0657. The van der Waals surface area contributed by atoms with Crippen molar-refractivity contribution in [2.45, 2.75) is 64.4 Å². The van der Waals surface area contributed by atoms with Crippen LogP contribution in [0.4, 0.5) is 0 Å². The summed E-state index contributed by atoms with van der Waals surface area (Å²) in [5.41, 5.74) is -0.437. The van der Waals surface area contributed by atoms with Crippen molar-refractivity contribution in [1.29, 1.82) is 0 Å². The zero-order valence-corrected chi connectivity index (χ0v) is 13.1. The van der Waals surface area contributed by atoms with Gasteiger partial charge >= 0.3 is 7.12 Å². The molecule has 0 aliphatic heterocycles. The van der Waals surface area contributed by atoms with Crippen molar-refractivity contribution in [3.05, 3.63) is 12.2 Å². The first-order chi connectivity index (χ1) is 7.05. The lowest BCUT2D eigenvalue weighted by Crippen LogP contribution is -2.44. The SMILES string of the molecule is C/C=C/C(Br)B(OC(C)(C)C)OC(C)(C)C. The minimum atomic E-state index is -0.281. The highest BCUT2D eigenvalue weighted by atomic mass is 79.9. The number of allylic oxidation sites excluding steroid dienone is 2. The first-order valence-corrected chi connectivity index (χ1v) is 6.59. The second kappa shape index (κ2) is 6.22. The third-order valence-corrected chi connectivity index (χ3v) is 2.31. The highest BCUT2D eigenvalue weighted by molar-refractivity contribution is 9.10. The molecule has 0 aromatic rings. The van der Waals surface area contributed by atoms with Crippen molar-refractivity contribution >= 4 is 23.0 Å². The molecule has 0 saturated carbocycles. The Morgan fingerprint density at radius 2 is 1.38 bits per heavy atom. The fourth-order valence-corrected chi connectivity index (χ4v) is 1.65. The van der Waals surface area contributed by atoms with Gasteiger partial charge in [0.1, 0.15) is 0 Å². The zero-order valence-electron chi connectivity index (χ0n) is 11.5.